The fourth-order valence-corrected chi connectivity index (χ4v) is 4.00. The van der Waals surface area contributed by atoms with Gasteiger partial charge in [0.05, 0.1) is 6.54 Å². The highest BCUT2D eigenvalue weighted by Gasteiger charge is 2.25. The van der Waals surface area contributed by atoms with Crippen molar-refractivity contribution in [2.24, 2.45) is 0 Å². The number of carbonyl (C=O) groups excluding carboxylic acids is 2. The number of piperazine rings is 1. The molecule has 4 rings (SSSR count). The topological polar surface area (TPSA) is 62.3 Å². The highest BCUT2D eigenvalue weighted by atomic mass is 16.5. The summed E-state index contributed by atoms with van der Waals surface area (Å²) in [7, 11) is 0. The van der Waals surface area contributed by atoms with E-state index in [0.29, 0.717) is 31.1 Å². The van der Waals surface area contributed by atoms with Crippen molar-refractivity contribution in [2.75, 3.05) is 52.4 Å². The minimum atomic E-state index is -0.0319. The van der Waals surface area contributed by atoms with Crippen LogP contribution in [0.5, 0.6) is 17.2 Å². The van der Waals surface area contributed by atoms with E-state index in [-0.39, 0.29) is 18.4 Å². The second-order valence-corrected chi connectivity index (χ2v) is 8.42. The summed E-state index contributed by atoms with van der Waals surface area (Å²) in [5.74, 6) is 2.30. The van der Waals surface area contributed by atoms with E-state index in [1.165, 1.54) is 5.56 Å². The standard InChI is InChI=1S/C25H31N3O4/c1-20-4-6-22(7-5-20)32-23-10-8-21(9-11-23)31-19-25(30)28-16-14-26(15-17-28)18-24(29)27-12-2-3-13-27/h4-11H,2-3,12-19H2,1H3. The molecular formula is C25H31N3O4. The molecule has 7 nitrogen and oxygen atoms in total. The molecule has 2 saturated heterocycles. The zero-order valence-electron chi connectivity index (χ0n) is 18.7. The second kappa shape index (κ2) is 10.5. The Bertz CT molecular complexity index is 900. The Hall–Kier alpha value is -3.06. The minimum Gasteiger partial charge on any atom is -0.484 e. The summed E-state index contributed by atoms with van der Waals surface area (Å²) < 4.78 is 11.5. The van der Waals surface area contributed by atoms with E-state index in [0.717, 1.165) is 44.8 Å². The number of hydrogen-bond acceptors (Lipinski definition) is 5. The van der Waals surface area contributed by atoms with Crippen LogP contribution in [0.4, 0.5) is 0 Å². The minimum absolute atomic E-state index is 0.00484. The molecule has 0 unspecified atom stereocenters. The van der Waals surface area contributed by atoms with Crippen LogP contribution in [0.3, 0.4) is 0 Å². The van der Waals surface area contributed by atoms with E-state index < -0.39 is 0 Å². The smallest absolute Gasteiger partial charge is 0.260 e. The van der Waals surface area contributed by atoms with Gasteiger partial charge >= 0.3 is 0 Å². The number of likely N-dealkylation sites (tertiary alicyclic amines) is 1. The van der Waals surface area contributed by atoms with E-state index in [9.17, 15) is 9.59 Å². The molecule has 170 valence electrons. The molecule has 0 bridgehead atoms. The Morgan fingerprint density at radius 2 is 1.25 bits per heavy atom. The fourth-order valence-electron chi connectivity index (χ4n) is 4.00. The van der Waals surface area contributed by atoms with E-state index in [2.05, 4.69) is 4.90 Å². The lowest BCUT2D eigenvalue weighted by atomic mass is 10.2. The van der Waals surface area contributed by atoms with Crippen molar-refractivity contribution in [3.63, 3.8) is 0 Å². The number of nitrogens with zero attached hydrogens (tertiary/aromatic N) is 3. The first-order chi connectivity index (χ1) is 15.6. The quantitative estimate of drug-likeness (QED) is 0.667. The Balaban J connectivity index is 1.18. The first-order valence-corrected chi connectivity index (χ1v) is 11.3. The summed E-state index contributed by atoms with van der Waals surface area (Å²) in [5.41, 5.74) is 1.18. The van der Waals surface area contributed by atoms with Crippen LogP contribution in [0.2, 0.25) is 0 Å². The van der Waals surface area contributed by atoms with Crippen molar-refractivity contribution in [1.82, 2.24) is 14.7 Å². The highest BCUT2D eigenvalue weighted by Crippen LogP contribution is 2.24. The van der Waals surface area contributed by atoms with Gasteiger partial charge in [-0.2, -0.15) is 0 Å². The zero-order valence-corrected chi connectivity index (χ0v) is 18.7. The largest absolute Gasteiger partial charge is 0.484 e. The molecule has 2 aromatic rings. The highest BCUT2D eigenvalue weighted by molar-refractivity contribution is 5.79. The number of hydrogen-bond donors (Lipinski definition) is 0. The number of aryl methyl sites for hydroxylation is 1. The summed E-state index contributed by atoms with van der Waals surface area (Å²) in [6.45, 7) is 6.94. The molecule has 0 aliphatic carbocycles. The van der Waals surface area contributed by atoms with Gasteiger partial charge in [-0.3, -0.25) is 14.5 Å². The van der Waals surface area contributed by atoms with E-state index in [1.54, 1.807) is 12.1 Å². The van der Waals surface area contributed by atoms with Gasteiger partial charge in [0.2, 0.25) is 5.91 Å². The van der Waals surface area contributed by atoms with Gasteiger partial charge in [0.1, 0.15) is 17.2 Å². The molecule has 0 atom stereocenters. The van der Waals surface area contributed by atoms with Gasteiger partial charge in [-0.15, -0.1) is 0 Å². The summed E-state index contributed by atoms with van der Waals surface area (Å²) >= 11 is 0. The molecule has 0 N–H and O–H groups in total. The Labute approximate surface area is 189 Å². The van der Waals surface area contributed by atoms with Gasteiger partial charge in [-0.25, -0.2) is 0 Å². The molecule has 0 radical (unpaired) electrons. The predicted molar refractivity (Wildman–Crippen MR) is 122 cm³/mol. The van der Waals surface area contributed by atoms with Crippen LogP contribution in [-0.4, -0.2) is 78.9 Å². The third-order valence-electron chi connectivity index (χ3n) is 5.99. The molecule has 0 spiro atoms. The predicted octanol–water partition coefficient (Wildman–Crippen LogP) is 2.93. The van der Waals surface area contributed by atoms with Gasteiger partial charge in [-0.1, -0.05) is 17.7 Å². The van der Waals surface area contributed by atoms with Gasteiger partial charge in [0, 0.05) is 39.3 Å². The lowest BCUT2D eigenvalue weighted by Gasteiger charge is -2.35. The van der Waals surface area contributed by atoms with Gasteiger partial charge in [-0.05, 0) is 56.2 Å². The van der Waals surface area contributed by atoms with Crippen molar-refractivity contribution < 1.29 is 19.1 Å². The number of benzene rings is 2. The maximum absolute atomic E-state index is 12.5. The molecule has 2 amide bonds. The number of rotatable bonds is 7. The van der Waals surface area contributed by atoms with Crippen LogP contribution in [0.1, 0.15) is 18.4 Å². The van der Waals surface area contributed by atoms with Crippen molar-refractivity contribution in [1.29, 1.82) is 0 Å². The lowest BCUT2D eigenvalue weighted by Crippen LogP contribution is -2.52. The fraction of sp³-hybridized carbons (Fsp3) is 0.440. The zero-order chi connectivity index (χ0) is 22.3. The van der Waals surface area contributed by atoms with Crippen LogP contribution >= 0.6 is 0 Å². The van der Waals surface area contributed by atoms with Gasteiger partial charge < -0.3 is 19.3 Å². The number of amides is 2. The average molecular weight is 438 g/mol. The van der Waals surface area contributed by atoms with Crippen molar-refractivity contribution >= 4 is 11.8 Å². The van der Waals surface area contributed by atoms with Gasteiger partial charge in [0.15, 0.2) is 6.61 Å². The van der Waals surface area contributed by atoms with E-state index >= 15 is 0 Å². The Morgan fingerprint density at radius 3 is 1.88 bits per heavy atom. The maximum Gasteiger partial charge on any atom is 0.260 e. The lowest BCUT2D eigenvalue weighted by molar-refractivity contribution is -0.136. The Kier molecular flexibility index (Phi) is 7.27. The molecule has 7 heteroatoms. The third-order valence-corrected chi connectivity index (χ3v) is 5.99. The molecule has 32 heavy (non-hydrogen) atoms. The van der Waals surface area contributed by atoms with Crippen molar-refractivity contribution in [3.8, 4) is 17.2 Å². The van der Waals surface area contributed by atoms with Crippen LogP contribution in [0, 0.1) is 6.92 Å². The third kappa shape index (κ3) is 6.01. The molecule has 0 aromatic heterocycles. The van der Waals surface area contributed by atoms with Crippen LogP contribution in [0.25, 0.3) is 0 Å². The molecule has 2 aliphatic rings. The SMILES string of the molecule is Cc1ccc(Oc2ccc(OCC(=O)N3CCN(CC(=O)N4CCCC4)CC3)cc2)cc1. The summed E-state index contributed by atoms with van der Waals surface area (Å²) in [6.07, 6.45) is 2.22. The van der Waals surface area contributed by atoms with E-state index in [4.69, 9.17) is 9.47 Å². The summed E-state index contributed by atoms with van der Waals surface area (Å²) in [4.78, 5) is 30.7. The maximum atomic E-state index is 12.5. The molecule has 2 fully saturated rings. The average Bonchev–Trinajstić information content (AvgIpc) is 3.36. The van der Waals surface area contributed by atoms with Crippen LogP contribution in [-0.2, 0) is 9.59 Å². The first-order valence-electron chi connectivity index (χ1n) is 11.3. The van der Waals surface area contributed by atoms with Crippen LogP contribution in [0.15, 0.2) is 48.5 Å². The van der Waals surface area contributed by atoms with Crippen molar-refractivity contribution in [2.45, 2.75) is 19.8 Å². The number of carbonyl (C=O) groups is 2. The summed E-state index contributed by atoms with van der Waals surface area (Å²) in [6, 6.07) is 15.1. The second-order valence-electron chi connectivity index (χ2n) is 8.42. The van der Waals surface area contributed by atoms with Gasteiger partial charge in [0.25, 0.3) is 5.91 Å². The molecule has 2 aromatic carbocycles. The normalized spacial score (nSPS) is 16.8. The molecule has 2 aliphatic heterocycles. The molecule has 2 heterocycles. The first kappa shape index (κ1) is 22.1. The Morgan fingerprint density at radius 1 is 0.719 bits per heavy atom. The van der Waals surface area contributed by atoms with Crippen LogP contribution < -0.4 is 9.47 Å². The monoisotopic (exact) mass is 437 g/mol. The molecule has 0 saturated carbocycles. The van der Waals surface area contributed by atoms with E-state index in [1.807, 2.05) is 53.1 Å². The number of ether oxygens (including phenoxy) is 2. The molecular weight excluding hydrogens is 406 g/mol. The summed E-state index contributed by atoms with van der Waals surface area (Å²) in [5, 5.41) is 0. The van der Waals surface area contributed by atoms with Crippen molar-refractivity contribution in [3.05, 3.63) is 54.1 Å².